The van der Waals surface area contributed by atoms with E-state index in [1.807, 2.05) is 26.0 Å². The molecule has 2 aliphatic heterocycles. The third-order valence-electron chi connectivity index (χ3n) is 4.17. The number of hydrogen-bond donors (Lipinski definition) is 2. The van der Waals surface area contributed by atoms with Crippen LogP contribution in [0.5, 0.6) is 0 Å². The first-order chi connectivity index (χ1) is 11.5. The fraction of sp³-hybridized carbons (Fsp3) is 0.375. The third kappa shape index (κ3) is 3.59. The van der Waals surface area contributed by atoms with Crippen molar-refractivity contribution in [1.29, 1.82) is 0 Å². The molecule has 26 heavy (non-hydrogen) atoms. The lowest BCUT2D eigenvalue weighted by atomic mass is 10.1. The molecule has 2 heterocycles. The Labute approximate surface area is 162 Å². The molecule has 0 aromatic heterocycles. The predicted octanol–water partition coefficient (Wildman–Crippen LogP) is 0.436. The molecule has 4 N–H and O–H groups in total. The molecule has 8 nitrogen and oxygen atoms in total. The number of nitrogens with two attached hydrogens (primary N) is 2. The van der Waals surface area contributed by atoms with Crippen LogP contribution >= 0.6 is 24.8 Å². The first-order valence-electron chi connectivity index (χ1n) is 7.80. The van der Waals surface area contributed by atoms with Crippen molar-refractivity contribution in [2.75, 3.05) is 13.1 Å². The molecular formula is C16H22Cl2N6O2. The summed E-state index contributed by atoms with van der Waals surface area (Å²) in [7, 11) is 0. The number of hydrogen-bond acceptors (Lipinski definition) is 6. The molecule has 0 atom stereocenters. The zero-order chi connectivity index (χ0) is 17.4. The molecule has 1 aromatic carbocycles. The van der Waals surface area contributed by atoms with Gasteiger partial charge in [-0.25, -0.2) is 9.78 Å². The normalized spacial score (nSPS) is 10.6. The van der Waals surface area contributed by atoms with Gasteiger partial charge in [0.25, 0.3) is 5.56 Å². The lowest BCUT2D eigenvalue weighted by molar-refractivity contribution is 0.622. The summed E-state index contributed by atoms with van der Waals surface area (Å²) in [5.41, 5.74) is 13.9. The summed E-state index contributed by atoms with van der Waals surface area (Å²) >= 11 is 0. The molecule has 0 aliphatic carbocycles. The van der Waals surface area contributed by atoms with Gasteiger partial charge in [0, 0.05) is 26.2 Å². The maximum atomic E-state index is 12.7. The van der Waals surface area contributed by atoms with Crippen LogP contribution in [0.2, 0.25) is 0 Å². The fourth-order valence-electron chi connectivity index (χ4n) is 2.81. The van der Waals surface area contributed by atoms with E-state index >= 15 is 0 Å². The molecule has 0 radical (unpaired) electrons. The van der Waals surface area contributed by atoms with Gasteiger partial charge in [-0.15, -0.1) is 24.8 Å². The minimum Gasteiger partial charge on any atom is -0.329 e. The summed E-state index contributed by atoms with van der Waals surface area (Å²) in [5.74, 6) is 0.263. The highest BCUT2D eigenvalue weighted by atomic mass is 35.5. The Kier molecular flexibility index (Phi) is 7.28. The van der Waals surface area contributed by atoms with Gasteiger partial charge in [0.15, 0.2) is 11.5 Å². The van der Waals surface area contributed by atoms with E-state index in [2.05, 4.69) is 9.97 Å². The van der Waals surface area contributed by atoms with E-state index in [1.165, 1.54) is 0 Å². The molecule has 0 amide bonds. The third-order valence-corrected chi connectivity index (χ3v) is 4.17. The zero-order valence-electron chi connectivity index (χ0n) is 14.6. The van der Waals surface area contributed by atoms with E-state index in [0.717, 1.165) is 21.2 Å². The predicted molar refractivity (Wildman–Crippen MR) is 107 cm³/mol. The Morgan fingerprint density at radius 3 is 2.12 bits per heavy atom. The first-order valence-corrected chi connectivity index (χ1v) is 7.80. The molecule has 10 heteroatoms. The number of aryl methyl sites for hydroxylation is 2. The van der Waals surface area contributed by atoms with Crippen molar-refractivity contribution in [2.45, 2.75) is 26.9 Å². The maximum Gasteiger partial charge on any atom is 0.352 e. The standard InChI is InChI=1S/C16H20N6O2.2ClH/c1-9-7-11-12(8-10(9)2)21(5-3-17)14-13(19-11)15(23)22(6-4-18)16(24)20-14;;/h7-8H,3-6,17-18H2,1-2H3;2*1H. The fourth-order valence-corrected chi connectivity index (χ4v) is 2.81. The van der Waals surface area contributed by atoms with Gasteiger partial charge in [0.2, 0.25) is 0 Å². The molecular weight excluding hydrogens is 379 g/mol. The highest BCUT2D eigenvalue weighted by Gasteiger charge is 2.21. The minimum absolute atomic E-state index is 0. The van der Waals surface area contributed by atoms with Gasteiger partial charge in [-0.05, 0) is 37.1 Å². The monoisotopic (exact) mass is 400 g/mol. The summed E-state index contributed by atoms with van der Waals surface area (Å²) in [6, 6.07) is 3.90. The second kappa shape index (κ2) is 8.59. The van der Waals surface area contributed by atoms with Gasteiger partial charge in [-0.3, -0.25) is 9.36 Å². The summed E-state index contributed by atoms with van der Waals surface area (Å²) in [6.45, 7) is 5.07. The molecule has 0 spiro atoms. The largest absolute Gasteiger partial charge is 0.352 e. The van der Waals surface area contributed by atoms with Gasteiger partial charge >= 0.3 is 5.69 Å². The first kappa shape index (κ1) is 22.0. The molecule has 0 unspecified atom stereocenters. The van der Waals surface area contributed by atoms with Crippen LogP contribution in [-0.2, 0) is 13.1 Å². The van der Waals surface area contributed by atoms with Crippen molar-refractivity contribution in [3.8, 4) is 11.5 Å². The van der Waals surface area contributed by atoms with Crippen LogP contribution in [0.4, 0.5) is 0 Å². The Morgan fingerprint density at radius 2 is 1.50 bits per heavy atom. The van der Waals surface area contributed by atoms with Crippen LogP contribution in [-0.4, -0.2) is 32.2 Å². The van der Waals surface area contributed by atoms with Crippen molar-refractivity contribution in [3.63, 3.8) is 0 Å². The lowest BCUT2D eigenvalue weighted by Crippen LogP contribution is -2.40. The summed E-state index contributed by atoms with van der Waals surface area (Å²) < 4.78 is 2.81. The highest BCUT2D eigenvalue weighted by Crippen LogP contribution is 2.23. The van der Waals surface area contributed by atoms with Gasteiger partial charge in [0.1, 0.15) is 0 Å². The summed E-state index contributed by atoms with van der Waals surface area (Å²) in [5, 5.41) is 0. The van der Waals surface area contributed by atoms with Crippen molar-refractivity contribution in [2.24, 2.45) is 11.5 Å². The van der Waals surface area contributed by atoms with E-state index < -0.39 is 11.2 Å². The Balaban J connectivity index is 0.00000169. The van der Waals surface area contributed by atoms with Gasteiger partial charge in [-0.1, -0.05) is 0 Å². The molecule has 0 fully saturated rings. The zero-order valence-corrected chi connectivity index (χ0v) is 16.2. The lowest BCUT2D eigenvalue weighted by Gasteiger charge is -2.18. The van der Waals surface area contributed by atoms with Crippen molar-refractivity contribution in [3.05, 3.63) is 44.1 Å². The smallest absolute Gasteiger partial charge is 0.329 e. The highest BCUT2D eigenvalue weighted by molar-refractivity contribution is 5.85. The Hall–Kier alpha value is -2.00. The molecule has 142 valence electrons. The maximum absolute atomic E-state index is 12.7. The van der Waals surface area contributed by atoms with Crippen LogP contribution in [0.15, 0.2) is 21.7 Å². The second-order valence-corrected chi connectivity index (χ2v) is 5.79. The second-order valence-electron chi connectivity index (χ2n) is 5.79. The number of aromatic nitrogens is 4. The number of halogens is 2. The molecule has 2 aliphatic rings. The van der Waals surface area contributed by atoms with Crippen molar-refractivity contribution >= 4 is 35.8 Å². The average Bonchev–Trinajstić information content (AvgIpc) is 2.54. The summed E-state index contributed by atoms with van der Waals surface area (Å²) in [6.07, 6.45) is 0. The van der Waals surface area contributed by atoms with Crippen LogP contribution < -0.4 is 22.7 Å². The molecule has 1 aromatic rings. The van der Waals surface area contributed by atoms with Gasteiger partial charge in [-0.2, -0.15) is 4.98 Å². The quantitative estimate of drug-likeness (QED) is 0.612. The Bertz CT molecular complexity index is 1010. The Morgan fingerprint density at radius 1 is 0.923 bits per heavy atom. The van der Waals surface area contributed by atoms with E-state index in [0.29, 0.717) is 18.6 Å². The topological polar surface area (TPSA) is 122 Å². The van der Waals surface area contributed by atoms with Crippen LogP contribution in [0.25, 0.3) is 22.6 Å². The van der Waals surface area contributed by atoms with E-state index in [-0.39, 0.29) is 49.4 Å². The van der Waals surface area contributed by atoms with E-state index in [9.17, 15) is 9.59 Å². The van der Waals surface area contributed by atoms with Crippen molar-refractivity contribution in [1.82, 2.24) is 19.1 Å². The molecule has 3 rings (SSSR count). The minimum atomic E-state index is -0.617. The van der Waals surface area contributed by atoms with Crippen LogP contribution in [0, 0.1) is 13.8 Å². The molecule has 0 saturated carbocycles. The van der Waals surface area contributed by atoms with Gasteiger partial charge in [0.05, 0.1) is 11.0 Å². The van der Waals surface area contributed by atoms with Gasteiger partial charge < -0.3 is 16.0 Å². The van der Waals surface area contributed by atoms with Crippen LogP contribution in [0.1, 0.15) is 11.1 Å². The summed E-state index contributed by atoms with van der Waals surface area (Å²) in [4.78, 5) is 33.4. The van der Waals surface area contributed by atoms with E-state index in [1.54, 1.807) is 4.57 Å². The SMILES string of the molecule is Cc1cc2nc3c(=O)n(CCN)c(=O)nc-3n(CCN)c2cc1C.Cl.Cl. The van der Waals surface area contributed by atoms with Crippen molar-refractivity contribution < 1.29 is 0 Å². The number of nitrogens with zero attached hydrogens (tertiary/aromatic N) is 4. The molecule has 0 saturated heterocycles. The average molecular weight is 401 g/mol. The number of rotatable bonds is 4. The number of fused-ring (bicyclic) bond motifs is 2. The molecule has 0 bridgehead atoms. The van der Waals surface area contributed by atoms with E-state index in [4.69, 9.17) is 11.5 Å². The number of benzene rings is 1. The van der Waals surface area contributed by atoms with Crippen LogP contribution in [0.3, 0.4) is 0 Å².